The summed E-state index contributed by atoms with van der Waals surface area (Å²) < 4.78 is 1.91. The molecule has 1 aromatic heterocycles. The lowest BCUT2D eigenvalue weighted by Gasteiger charge is -2.14. The van der Waals surface area contributed by atoms with Crippen LogP contribution in [0.4, 0.5) is 0 Å². The fourth-order valence-electron chi connectivity index (χ4n) is 2.16. The average Bonchev–Trinajstić information content (AvgIpc) is 2.29. The first-order valence-corrected chi connectivity index (χ1v) is 6.46. The van der Waals surface area contributed by atoms with Gasteiger partial charge in [0.15, 0.2) is 0 Å². The molecule has 1 heterocycles. The van der Waals surface area contributed by atoms with Crippen LogP contribution in [0, 0.1) is 13.8 Å². The number of pyridine rings is 1. The van der Waals surface area contributed by atoms with Crippen LogP contribution in [-0.4, -0.2) is 11.6 Å². The normalized spacial score (nSPS) is 10.8. The molecule has 0 unspecified atom stereocenters. The predicted molar refractivity (Wildman–Crippen MR) is 72.5 cm³/mol. The summed E-state index contributed by atoms with van der Waals surface area (Å²) in [5, 5.41) is 3.07. The molecule has 0 aromatic carbocycles. The van der Waals surface area contributed by atoms with E-state index in [1.54, 1.807) is 0 Å². The second-order valence-electron chi connectivity index (χ2n) is 4.64. The molecule has 0 radical (unpaired) electrons. The molecule has 0 fully saturated rings. The van der Waals surface area contributed by atoms with Crippen LogP contribution >= 0.6 is 0 Å². The van der Waals surface area contributed by atoms with Crippen LogP contribution in [0.15, 0.2) is 10.9 Å². The second-order valence-corrected chi connectivity index (χ2v) is 4.64. The number of aromatic nitrogens is 1. The molecule has 0 atom stereocenters. The SMILES string of the molecule is CCCCCn1c(C)cc(C)c(CNC)c1=O. The van der Waals surface area contributed by atoms with Gasteiger partial charge < -0.3 is 9.88 Å². The van der Waals surface area contributed by atoms with Crippen molar-refractivity contribution < 1.29 is 0 Å². The Kier molecular flexibility index (Phi) is 5.42. The highest BCUT2D eigenvalue weighted by atomic mass is 16.1. The zero-order chi connectivity index (χ0) is 12.8. The first-order chi connectivity index (χ1) is 8.11. The number of hydrogen-bond acceptors (Lipinski definition) is 2. The van der Waals surface area contributed by atoms with Crippen molar-refractivity contribution in [2.24, 2.45) is 0 Å². The quantitative estimate of drug-likeness (QED) is 0.769. The molecule has 0 aliphatic heterocycles. The summed E-state index contributed by atoms with van der Waals surface area (Å²) in [7, 11) is 1.88. The van der Waals surface area contributed by atoms with Crippen molar-refractivity contribution in [2.45, 2.75) is 53.1 Å². The van der Waals surface area contributed by atoms with Gasteiger partial charge in [0.05, 0.1) is 0 Å². The Labute approximate surface area is 104 Å². The van der Waals surface area contributed by atoms with E-state index in [2.05, 4.69) is 18.3 Å². The van der Waals surface area contributed by atoms with Crippen LogP contribution in [0.1, 0.15) is 43.0 Å². The van der Waals surface area contributed by atoms with Gasteiger partial charge in [-0.2, -0.15) is 0 Å². The van der Waals surface area contributed by atoms with E-state index in [1.165, 1.54) is 12.8 Å². The standard InChI is InChI=1S/C14H24N2O/c1-5-6-7-8-16-12(3)9-11(2)13(10-15-4)14(16)17/h9,15H,5-8,10H2,1-4H3. The molecule has 1 N–H and O–H groups in total. The van der Waals surface area contributed by atoms with Crippen LogP contribution < -0.4 is 10.9 Å². The summed E-state index contributed by atoms with van der Waals surface area (Å²) in [5.74, 6) is 0. The summed E-state index contributed by atoms with van der Waals surface area (Å²) in [6, 6.07) is 2.11. The average molecular weight is 236 g/mol. The van der Waals surface area contributed by atoms with Crippen molar-refractivity contribution in [1.82, 2.24) is 9.88 Å². The molecule has 0 spiro atoms. The van der Waals surface area contributed by atoms with Gasteiger partial charge in [0.2, 0.25) is 0 Å². The van der Waals surface area contributed by atoms with Gasteiger partial charge in [-0.3, -0.25) is 4.79 Å². The summed E-state index contributed by atoms with van der Waals surface area (Å²) in [4.78, 5) is 12.3. The molecular weight excluding hydrogens is 212 g/mol. The van der Waals surface area contributed by atoms with E-state index in [0.717, 1.165) is 29.8 Å². The molecule has 1 rings (SSSR count). The van der Waals surface area contributed by atoms with Gasteiger partial charge in [0.1, 0.15) is 0 Å². The van der Waals surface area contributed by atoms with Gasteiger partial charge >= 0.3 is 0 Å². The van der Waals surface area contributed by atoms with Gasteiger partial charge in [-0.05, 0) is 38.9 Å². The summed E-state index contributed by atoms with van der Waals surface area (Å²) >= 11 is 0. The van der Waals surface area contributed by atoms with Crippen molar-refractivity contribution in [3.8, 4) is 0 Å². The van der Waals surface area contributed by atoms with Crippen molar-refractivity contribution in [3.63, 3.8) is 0 Å². The monoisotopic (exact) mass is 236 g/mol. The lowest BCUT2D eigenvalue weighted by atomic mass is 10.1. The highest BCUT2D eigenvalue weighted by Gasteiger charge is 2.09. The first kappa shape index (κ1) is 14.0. The first-order valence-electron chi connectivity index (χ1n) is 6.46. The molecule has 1 aromatic rings. The fourth-order valence-corrected chi connectivity index (χ4v) is 2.16. The molecule has 17 heavy (non-hydrogen) atoms. The zero-order valence-electron chi connectivity index (χ0n) is 11.5. The minimum atomic E-state index is 0.174. The largest absolute Gasteiger partial charge is 0.315 e. The van der Waals surface area contributed by atoms with Crippen LogP contribution in [-0.2, 0) is 13.1 Å². The summed E-state index contributed by atoms with van der Waals surface area (Å²) in [6.45, 7) is 7.70. The van der Waals surface area contributed by atoms with Crippen molar-refractivity contribution in [1.29, 1.82) is 0 Å². The van der Waals surface area contributed by atoms with Crippen molar-refractivity contribution >= 4 is 0 Å². The topological polar surface area (TPSA) is 34.0 Å². The Morgan fingerprint density at radius 1 is 1.29 bits per heavy atom. The van der Waals surface area contributed by atoms with E-state index in [4.69, 9.17) is 0 Å². The number of nitrogens with one attached hydrogen (secondary N) is 1. The molecular formula is C14H24N2O. The number of hydrogen-bond donors (Lipinski definition) is 1. The Bertz CT molecular complexity index is 421. The highest BCUT2D eigenvalue weighted by molar-refractivity contribution is 5.26. The number of rotatable bonds is 6. The third-order valence-corrected chi connectivity index (χ3v) is 3.17. The third kappa shape index (κ3) is 3.43. The summed E-state index contributed by atoms with van der Waals surface area (Å²) in [5.41, 5.74) is 3.24. The van der Waals surface area contributed by atoms with Crippen molar-refractivity contribution in [2.75, 3.05) is 7.05 Å². The molecule has 96 valence electrons. The van der Waals surface area contributed by atoms with Crippen molar-refractivity contribution in [3.05, 3.63) is 33.2 Å². The maximum atomic E-state index is 12.3. The highest BCUT2D eigenvalue weighted by Crippen LogP contribution is 2.07. The maximum Gasteiger partial charge on any atom is 0.255 e. The van der Waals surface area contributed by atoms with Gasteiger partial charge in [0, 0.05) is 24.3 Å². The van der Waals surface area contributed by atoms with Crippen LogP contribution in [0.2, 0.25) is 0 Å². The zero-order valence-corrected chi connectivity index (χ0v) is 11.5. The maximum absolute atomic E-state index is 12.3. The van der Waals surface area contributed by atoms with Gasteiger partial charge in [0.25, 0.3) is 5.56 Å². The van der Waals surface area contributed by atoms with E-state index in [1.807, 2.05) is 25.5 Å². The van der Waals surface area contributed by atoms with E-state index >= 15 is 0 Å². The van der Waals surface area contributed by atoms with E-state index < -0.39 is 0 Å². The van der Waals surface area contributed by atoms with Crippen LogP contribution in [0.3, 0.4) is 0 Å². The Morgan fingerprint density at radius 2 is 2.00 bits per heavy atom. The molecule has 3 nitrogen and oxygen atoms in total. The second kappa shape index (κ2) is 6.60. The predicted octanol–water partition coefficient (Wildman–Crippen LogP) is 2.37. The van der Waals surface area contributed by atoms with E-state index in [0.29, 0.717) is 6.54 Å². The van der Waals surface area contributed by atoms with Crippen LogP contribution in [0.5, 0.6) is 0 Å². The van der Waals surface area contributed by atoms with E-state index in [9.17, 15) is 4.79 Å². The third-order valence-electron chi connectivity index (χ3n) is 3.17. The molecule has 0 amide bonds. The lowest BCUT2D eigenvalue weighted by molar-refractivity contribution is 0.569. The van der Waals surface area contributed by atoms with Gasteiger partial charge in [-0.1, -0.05) is 19.8 Å². The van der Waals surface area contributed by atoms with Crippen LogP contribution in [0.25, 0.3) is 0 Å². The van der Waals surface area contributed by atoms with Gasteiger partial charge in [-0.15, -0.1) is 0 Å². The van der Waals surface area contributed by atoms with E-state index in [-0.39, 0.29) is 5.56 Å². The minimum absolute atomic E-state index is 0.174. The number of aryl methyl sites for hydroxylation is 2. The fraction of sp³-hybridized carbons (Fsp3) is 0.643. The molecule has 0 saturated carbocycles. The smallest absolute Gasteiger partial charge is 0.255 e. The molecule has 0 bridgehead atoms. The number of unbranched alkanes of at least 4 members (excludes halogenated alkanes) is 2. The summed E-state index contributed by atoms with van der Waals surface area (Å²) in [6.07, 6.45) is 3.45. The van der Waals surface area contributed by atoms with Gasteiger partial charge in [-0.25, -0.2) is 0 Å². The Balaban J connectivity index is 3.03. The Morgan fingerprint density at radius 3 is 2.59 bits per heavy atom. The molecule has 0 aliphatic rings. The molecule has 0 aliphatic carbocycles. The Hall–Kier alpha value is -1.09. The number of nitrogens with zero attached hydrogens (tertiary/aromatic N) is 1. The molecule has 0 saturated heterocycles. The molecule has 3 heteroatoms. The minimum Gasteiger partial charge on any atom is -0.315 e. The lowest BCUT2D eigenvalue weighted by Crippen LogP contribution is -2.29.